The number of benzene rings is 1. The summed E-state index contributed by atoms with van der Waals surface area (Å²) in [7, 11) is 0. The SMILES string of the molecule is CCCCCNC(=O)c1cnc(Nc2ccc(C)cc2Br)cn1. The van der Waals surface area contributed by atoms with Crippen LogP contribution in [-0.2, 0) is 0 Å². The van der Waals surface area contributed by atoms with Crippen LogP contribution in [-0.4, -0.2) is 22.4 Å². The molecule has 0 spiro atoms. The molecule has 5 nitrogen and oxygen atoms in total. The molecule has 0 radical (unpaired) electrons. The van der Waals surface area contributed by atoms with Gasteiger partial charge in [0, 0.05) is 11.0 Å². The number of aromatic nitrogens is 2. The average Bonchev–Trinajstić information content (AvgIpc) is 2.55. The molecule has 23 heavy (non-hydrogen) atoms. The van der Waals surface area contributed by atoms with Crippen molar-refractivity contribution in [2.24, 2.45) is 0 Å². The minimum absolute atomic E-state index is 0.184. The van der Waals surface area contributed by atoms with Gasteiger partial charge < -0.3 is 10.6 Å². The predicted molar refractivity (Wildman–Crippen MR) is 96.1 cm³/mol. The Balaban J connectivity index is 1.95. The zero-order valence-electron chi connectivity index (χ0n) is 13.4. The fourth-order valence-corrected chi connectivity index (χ4v) is 2.63. The van der Waals surface area contributed by atoms with Gasteiger partial charge in [0.15, 0.2) is 0 Å². The van der Waals surface area contributed by atoms with Crippen molar-refractivity contribution in [3.8, 4) is 0 Å². The normalized spacial score (nSPS) is 10.4. The van der Waals surface area contributed by atoms with E-state index in [1.807, 2.05) is 25.1 Å². The third kappa shape index (κ3) is 5.32. The molecule has 0 aliphatic rings. The lowest BCUT2D eigenvalue weighted by Crippen LogP contribution is -2.25. The summed E-state index contributed by atoms with van der Waals surface area (Å²) in [6, 6.07) is 6.00. The first-order valence-corrected chi connectivity index (χ1v) is 8.53. The van der Waals surface area contributed by atoms with Crippen LogP contribution in [0.15, 0.2) is 35.1 Å². The van der Waals surface area contributed by atoms with E-state index in [0.717, 1.165) is 29.4 Å². The first-order chi connectivity index (χ1) is 11.1. The molecule has 0 saturated carbocycles. The van der Waals surface area contributed by atoms with Crippen LogP contribution in [0.3, 0.4) is 0 Å². The molecule has 0 fully saturated rings. The highest BCUT2D eigenvalue weighted by molar-refractivity contribution is 9.10. The second kappa shape index (κ2) is 8.62. The average molecular weight is 377 g/mol. The van der Waals surface area contributed by atoms with Gasteiger partial charge in [0.1, 0.15) is 11.5 Å². The van der Waals surface area contributed by atoms with Gasteiger partial charge in [-0.2, -0.15) is 0 Å². The van der Waals surface area contributed by atoms with Crippen LogP contribution in [0.1, 0.15) is 42.2 Å². The maximum Gasteiger partial charge on any atom is 0.271 e. The summed E-state index contributed by atoms with van der Waals surface area (Å²) in [5, 5.41) is 6.02. The zero-order chi connectivity index (χ0) is 16.7. The number of halogens is 1. The van der Waals surface area contributed by atoms with Crippen LogP contribution >= 0.6 is 15.9 Å². The van der Waals surface area contributed by atoms with Gasteiger partial charge >= 0.3 is 0 Å². The molecule has 0 aliphatic heterocycles. The van der Waals surface area contributed by atoms with E-state index in [9.17, 15) is 4.79 Å². The maximum atomic E-state index is 11.9. The molecule has 2 aromatic rings. The molecule has 2 N–H and O–H groups in total. The standard InChI is InChI=1S/C17H21BrN4O/c1-3-4-5-8-19-17(23)15-10-21-16(11-20-15)22-14-7-6-12(2)9-13(14)18/h6-7,9-11H,3-5,8H2,1-2H3,(H,19,23)(H,21,22). The molecule has 1 aromatic heterocycles. The molecule has 0 atom stereocenters. The smallest absolute Gasteiger partial charge is 0.271 e. The first-order valence-electron chi connectivity index (χ1n) is 7.73. The van der Waals surface area contributed by atoms with Gasteiger partial charge in [-0.3, -0.25) is 4.79 Å². The van der Waals surface area contributed by atoms with Crippen LogP contribution < -0.4 is 10.6 Å². The largest absolute Gasteiger partial charge is 0.351 e. The first kappa shape index (κ1) is 17.4. The van der Waals surface area contributed by atoms with Crippen molar-refractivity contribution in [2.45, 2.75) is 33.1 Å². The van der Waals surface area contributed by atoms with Crippen LogP contribution in [0.2, 0.25) is 0 Å². The van der Waals surface area contributed by atoms with Crippen LogP contribution in [0.25, 0.3) is 0 Å². The Morgan fingerprint density at radius 1 is 1.22 bits per heavy atom. The van der Waals surface area contributed by atoms with Crippen molar-refractivity contribution in [3.05, 3.63) is 46.3 Å². The molecule has 2 rings (SSSR count). The molecule has 122 valence electrons. The molecule has 0 aliphatic carbocycles. The van der Waals surface area contributed by atoms with Crippen LogP contribution in [0, 0.1) is 6.92 Å². The van der Waals surface area contributed by atoms with E-state index in [1.165, 1.54) is 11.8 Å². The Hall–Kier alpha value is -1.95. The van der Waals surface area contributed by atoms with E-state index in [-0.39, 0.29) is 5.91 Å². The van der Waals surface area contributed by atoms with Crippen molar-refractivity contribution in [1.82, 2.24) is 15.3 Å². The number of hydrogen-bond acceptors (Lipinski definition) is 4. The van der Waals surface area contributed by atoms with Crippen molar-refractivity contribution in [3.63, 3.8) is 0 Å². The Morgan fingerprint density at radius 3 is 2.70 bits per heavy atom. The summed E-state index contributed by atoms with van der Waals surface area (Å²) in [6.07, 6.45) is 6.27. The fourth-order valence-electron chi connectivity index (χ4n) is 2.04. The second-order valence-corrected chi connectivity index (χ2v) is 6.21. The molecule has 6 heteroatoms. The van der Waals surface area contributed by atoms with E-state index in [0.29, 0.717) is 18.1 Å². The van der Waals surface area contributed by atoms with E-state index >= 15 is 0 Å². The number of hydrogen-bond donors (Lipinski definition) is 2. The van der Waals surface area contributed by atoms with Crippen molar-refractivity contribution < 1.29 is 4.79 Å². The molecule has 1 heterocycles. The number of aryl methyl sites for hydroxylation is 1. The van der Waals surface area contributed by atoms with Gasteiger partial charge in [-0.05, 0) is 47.0 Å². The minimum Gasteiger partial charge on any atom is -0.351 e. The highest BCUT2D eigenvalue weighted by atomic mass is 79.9. The summed E-state index contributed by atoms with van der Waals surface area (Å²) < 4.78 is 0.956. The van der Waals surface area contributed by atoms with Gasteiger partial charge in [0.25, 0.3) is 5.91 Å². The summed E-state index contributed by atoms with van der Waals surface area (Å²) in [5.41, 5.74) is 2.40. The molecule has 0 unspecified atom stereocenters. The Kier molecular flexibility index (Phi) is 6.52. The van der Waals surface area contributed by atoms with E-state index in [4.69, 9.17) is 0 Å². The lowest BCUT2D eigenvalue weighted by atomic mass is 10.2. The number of carbonyl (C=O) groups is 1. The van der Waals surface area contributed by atoms with Gasteiger partial charge in [0.2, 0.25) is 0 Å². The Labute approximate surface area is 145 Å². The number of anilines is 2. The molecule has 1 amide bonds. The summed E-state index contributed by atoms with van der Waals surface area (Å²) in [6.45, 7) is 4.83. The molecule has 0 saturated heterocycles. The number of rotatable bonds is 7. The monoisotopic (exact) mass is 376 g/mol. The van der Waals surface area contributed by atoms with Crippen molar-refractivity contribution in [2.75, 3.05) is 11.9 Å². The predicted octanol–water partition coefficient (Wildman–Crippen LogP) is 4.21. The number of nitrogens with zero attached hydrogens (tertiary/aromatic N) is 2. The highest BCUT2D eigenvalue weighted by Gasteiger charge is 2.08. The van der Waals surface area contributed by atoms with Gasteiger partial charge in [0.05, 0.1) is 18.1 Å². The summed E-state index contributed by atoms with van der Waals surface area (Å²) in [5.74, 6) is 0.411. The van der Waals surface area contributed by atoms with E-state index < -0.39 is 0 Å². The molecular formula is C17H21BrN4O. The number of nitrogens with one attached hydrogen (secondary N) is 2. The quantitative estimate of drug-likeness (QED) is 0.710. The van der Waals surface area contributed by atoms with Crippen LogP contribution in [0.5, 0.6) is 0 Å². The molecular weight excluding hydrogens is 356 g/mol. The van der Waals surface area contributed by atoms with Crippen molar-refractivity contribution >= 4 is 33.3 Å². The third-order valence-corrected chi connectivity index (χ3v) is 3.99. The number of unbranched alkanes of at least 4 members (excludes halogenated alkanes) is 2. The van der Waals surface area contributed by atoms with E-state index in [2.05, 4.69) is 43.5 Å². The number of carbonyl (C=O) groups excluding carboxylic acids is 1. The van der Waals surface area contributed by atoms with Crippen molar-refractivity contribution in [1.29, 1.82) is 0 Å². The molecule has 0 bridgehead atoms. The Morgan fingerprint density at radius 2 is 2.04 bits per heavy atom. The Bertz CT molecular complexity index is 658. The number of amides is 1. The minimum atomic E-state index is -0.184. The fraction of sp³-hybridized carbons (Fsp3) is 0.353. The zero-order valence-corrected chi connectivity index (χ0v) is 15.0. The molecule has 1 aromatic carbocycles. The summed E-state index contributed by atoms with van der Waals surface area (Å²) in [4.78, 5) is 20.3. The third-order valence-electron chi connectivity index (χ3n) is 3.34. The highest BCUT2D eigenvalue weighted by Crippen LogP contribution is 2.25. The summed E-state index contributed by atoms with van der Waals surface area (Å²) >= 11 is 3.51. The lowest BCUT2D eigenvalue weighted by molar-refractivity contribution is 0.0947. The van der Waals surface area contributed by atoms with E-state index in [1.54, 1.807) is 6.20 Å². The maximum absolute atomic E-state index is 11.9. The van der Waals surface area contributed by atoms with Gasteiger partial charge in [-0.1, -0.05) is 25.8 Å². The lowest BCUT2D eigenvalue weighted by Gasteiger charge is -2.09. The van der Waals surface area contributed by atoms with Gasteiger partial charge in [-0.15, -0.1) is 0 Å². The topological polar surface area (TPSA) is 66.9 Å². The van der Waals surface area contributed by atoms with Gasteiger partial charge in [-0.25, -0.2) is 9.97 Å². The second-order valence-electron chi connectivity index (χ2n) is 5.36. The van der Waals surface area contributed by atoms with Crippen LogP contribution in [0.4, 0.5) is 11.5 Å².